The van der Waals surface area contributed by atoms with Gasteiger partial charge in [0.25, 0.3) is 0 Å². The molecule has 314 valence electrons. The van der Waals surface area contributed by atoms with Crippen molar-refractivity contribution in [1.82, 2.24) is 40.4 Å². The Kier molecular flexibility index (Phi) is 11.4. The van der Waals surface area contributed by atoms with Crippen molar-refractivity contribution in [1.29, 1.82) is 0 Å². The van der Waals surface area contributed by atoms with E-state index in [1.54, 1.807) is 22.9 Å². The molecule has 3 fully saturated rings. The van der Waals surface area contributed by atoms with Gasteiger partial charge in [0, 0.05) is 30.6 Å². The zero-order chi connectivity index (χ0) is 42.3. The highest BCUT2D eigenvalue weighted by molar-refractivity contribution is 7.99. The number of rotatable bonds is 11. The molecule has 0 bridgehead atoms. The predicted molar refractivity (Wildman–Crippen MR) is 231 cm³/mol. The number of carbonyl (C=O) groups is 4. The Hall–Kier alpha value is -5.83. The molecule has 4 heterocycles. The summed E-state index contributed by atoms with van der Waals surface area (Å²) in [7, 11) is 2.59. The molecule has 1 saturated carbocycles. The summed E-state index contributed by atoms with van der Waals surface area (Å²) in [6.07, 6.45) is 5.49. The number of amides is 4. The van der Waals surface area contributed by atoms with Crippen LogP contribution in [0.25, 0.3) is 44.4 Å². The number of hydrogen-bond donors (Lipinski definition) is 4. The lowest BCUT2D eigenvalue weighted by Gasteiger charge is -2.30. The summed E-state index contributed by atoms with van der Waals surface area (Å²) in [5.74, 6) is 1.73. The van der Waals surface area contributed by atoms with Gasteiger partial charge >= 0.3 is 12.2 Å². The van der Waals surface area contributed by atoms with Crippen LogP contribution < -0.4 is 10.6 Å². The van der Waals surface area contributed by atoms with E-state index in [2.05, 4.69) is 86.2 Å². The first-order valence-electron chi connectivity index (χ1n) is 20.5. The predicted octanol–water partition coefficient (Wildman–Crippen LogP) is 7.68. The highest BCUT2D eigenvalue weighted by atomic mass is 32.2. The molecule has 4 amide bonds. The number of H-pyrrole nitrogens is 2. The van der Waals surface area contributed by atoms with Gasteiger partial charge in [0.1, 0.15) is 29.1 Å². The van der Waals surface area contributed by atoms with Crippen LogP contribution in [0.15, 0.2) is 73.1 Å². The number of thioether (sulfide) groups is 1. The molecule has 15 heteroatoms. The molecule has 2 aliphatic heterocycles. The Morgan fingerprint density at radius 2 is 1.37 bits per heavy atom. The minimum atomic E-state index is -0.700. The van der Waals surface area contributed by atoms with Gasteiger partial charge < -0.3 is 39.9 Å². The average Bonchev–Trinajstić information content (AvgIpc) is 3.79. The standard InChI is InChI=1S/C45H52N8O6S/c1-25(2)36(50-43(56)58-5)40(54)52-17-18-60-42(52)39-47-22-33(49-39)28-9-7-27(8-10-28)29-11-12-31-20-32(14-13-30(31)19-29)34-23-46-38(48-34)35-21-45(15-16-45)24-53(35)41(55)37(26(3)4)51-44(57)59-6/h7-14,19-20,22-23,25-26,35-37,42H,15-18,21,24H2,1-6H3,(H,46,48)(H,47,49)(H,50,56)(H,51,57)/t35-,36-,37?,42-/m0/s1. The van der Waals surface area contributed by atoms with Crippen molar-refractivity contribution < 1.29 is 28.7 Å². The first-order chi connectivity index (χ1) is 28.9. The van der Waals surface area contributed by atoms with Gasteiger partial charge in [-0.2, -0.15) is 0 Å². The van der Waals surface area contributed by atoms with Crippen LogP contribution >= 0.6 is 11.8 Å². The van der Waals surface area contributed by atoms with Crippen molar-refractivity contribution in [2.45, 2.75) is 70.5 Å². The van der Waals surface area contributed by atoms with Crippen molar-refractivity contribution in [2.24, 2.45) is 17.3 Å². The maximum atomic E-state index is 13.9. The van der Waals surface area contributed by atoms with Gasteiger partial charge in [-0.3, -0.25) is 9.59 Å². The number of carbonyl (C=O) groups excluding carboxylic acids is 4. The topological polar surface area (TPSA) is 175 Å². The molecular formula is C45H52N8O6S. The van der Waals surface area contributed by atoms with E-state index in [0.29, 0.717) is 18.9 Å². The van der Waals surface area contributed by atoms with E-state index < -0.39 is 24.3 Å². The van der Waals surface area contributed by atoms with Gasteiger partial charge in [0.05, 0.1) is 37.8 Å². The molecule has 14 nitrogen and oxygen atoms in total. The quantitative estimate of drug-likeness (QED) is 0.104. The summed E-state index contributed by atoms with van der Waals surface area (Å²) in [6.45, 7) is 8.86. The number of imidazole rings is 2. The first-order valence-corrected chi connectivity index (χ1v) is 21.6. The summed E-state index contributed by atoms with van der Waals surface area (Å²) in [4.78, 5) is 71.8. The third-order valence-electron chi connectivity index (χ3n) is 12.1. The SMILES string of the molecule is COC(=O)NC(C(=O)N1CC2(CC2)C[C@H]1c1nc(-c2ccc3cc(-c4ccc(-c5cnc([C@@H]6SCCN6C(=O)[C@@H](NC(=O)OC)C(C)C)[nH]5)cc4)ccc3c2)c[nH]1)C(C)C. The number of alkyl carbamates (subject to hydrolysis) is 2. The number of fused-ring (bicyclic) bond motifs is 1. The van der Waals surface area contributed by atoms with Crippen LogP contribution in [0.4, 0.5) is 9.59 Å². The molecule has 3 aromatic carbocycles. The van der Waals surface area contributed by atoms with Crippen molar-refractivity contribution in [3.05, 3.63) is 84.7 Å². The smallest absolute Gasteiger partial charge is 0.407 e. The second kappa shape index (κ2) is 16.7. The largest absolute Gasteiger partial charge is 0.453 e. The monoisotopic (exact) mass is 832 g/mol. The van der Waals surface area contributed by atoms with E-state index in [1.807, 2.05) is 38.8 Å². The molecule has 8 rings (SSSR count). The number of hydrogen-bond acceptors (Lipinski definition) is 9. The normalized spacial score (nSPS) is 19.2. The summed E-state index contributed by atoms with van der Waals surface area (Å²) < 4.78 is 9.58. The molecule has 1 spiro atoms. The van der Waals surface area contributed by atoms with Gasteiger partial charge in [-0.05, 0) is 76.1 Å². The minimum absolute atomic E-state index is 0.106. The van der Waals surface area contributed by atoms with Crippen LogP contribution in [0.3, 0.4) is 0 Å². The fourth-order valence-corrected chi connectivity index (χ4v) is 9.63. The van der Waals surface area contributed by atoms with E-state index >= 15 is 0 Å². The van der Waals surface area contributed by atoms with E-state index in [0.717, 1.165) is 75.3 Å². The van der Waals surface area contributed by atoms with Gasteiger partial charge in [0.2, 0.25) is 11.8 Å². The van der Waals surface area contributed by atoms with Crippen LogP contribution in [0, 0.1) is 17.3 Å². The van der Waals surface area contributed by atoms with Crippen LogP contribution in [-0.2, 0) is 19.1 Å². The van der Waals surface area contributed by atoms with Crippen molar-refractivity contribution in [2.75, 3.05) is 33.1 Å². The second-order valence-corrected chi connectivity index (χ2v) is 18.1. The van der Waals surface area contributed by atoms with Gasteiger partial charge in [0.15, 0.2) is 0 Å². The molecule has 60 heavy (non-hydrogen) atoms. The fraction of sp³-hybridized carbons (Fsp3) is 0.422. The Bertz CT molecular complexity index is 2410. The number of aromatic nitrogens is 4. The van der Waals surface area contributed by atoms with Gasteiger partial charge in [-0.25, -0.2) is 19.6 Å². The summed E-state index contributed by atoms with van der Waals surface area (Å²) in [5, 5.41) is 7.34. The van der Waals surface area contributed by atoms with Crippen LogP contribution in [-0.4, -0.2) is 98.9 Å². The highest BCUT2D eigenvalue weighted by Crippen LogP contribution is 2.58. The molecule has 2 saturated heterocycles. The summed E-state index contributed by atoms with van der Waals surface area (Å²) in [6, 6.07) is 19.5. The number of likely N-dealkylation sites (tertiary alicyclic amines) is 1. The van der Waals surface area contributed by atoms with E-state index in [-0.39, 0.29) is 40.5 Å². The minimum Gasteiger partial charge on any atom is -0.453 e. The molecule has 0 radical (unpaired) electrons. The zero-order valence-electron chi connectivity index (χ0n) is 34.8. The van der Waals surface area contributed by atoms with Gasteiger partial charge in [-0.15, -0.1) is 11.8 Å². The zero-order valence-corrected chi connectivity index (χ0v) is 35.6. The second-order valence-electron chi connectivity index (χ2n) is 16.9. The van der Waals surface area contributed by atoms with E-state index in [1.165, 1.54) is 14.2 Å². The fourth-order valence-electron chi connectivity index (χ4n) is 8.44. The van der Waals surface area contributed by atoms with Crippen molar-refractivity contribution in [3.8, 4) is 33.6 Å². The van der Waals surface area contributed by atoms with Crippen molar-refractivity contribution in [3.63, 3.8) is 0 Å². The Balaban J connectivity index is 0.951. The number of nitrogens with zero attached hydrogens (tertiary/aromatic N) is 4. The van der Waals surface area contributed by atoms with Crippen molar-refractivity contribution >= 4 is 46.5 Å². The first kappa shape index (κ1) is 40.9. The molecule has 4 atom stereocenters. The van der Waals surface area contributed by atoms with E-state index in [4.69, 9.17) is 14.5 Å². The third-order valence-corrected chi connectivity index (χ3v) is 13.3. The average molecular weight is 833 g/mol. The summed E-state index contributed by atoms with van der Waals surface area (Å²) in [5.41, 5.74) is 5.91. The lowest BCUT2D eigenvalue weighted by molar-refractivity contribution is -0.136. The number of methoxy groups -OCH3 is 2. The maximum absolute atomic E-state index is 13.9. The molecule has 3 aliphatic rings. The molecule has 5 aromatic rings. The van der Waals surface area contributed by atoms with Crippen LogP contribution in [0.1, 0.15) is 70.0 Å². The van der Waals surface area contributed by atoms with Crippen LogP contribution in [0.5, 0.6) is 0 Å². The molecular weight excluding hydrogens is 781 g/mol. The molecule has 4 N–H and O–H groups in total. The number of aromatic amines is 2. The lowest BCUT2D eigenvalue weighted by Crippen LogP contribution is -2.51. The third kappa shape index (κ3) is 8.19. The lowest BCUT2D eigenvalue weighted by atomic mass is 9.98. The van der Waals surface area contributed by atoms with Crippen LogP contribution in [0.2, 0.25) is 0 Å². The molecule has 1 aliphatic carbocycles. The Labute approximate surface area is 353 Å². The van der Waals surface area contributed by atoms with Gasteiger partial charge in [-0.1, -0.05) is 76.2 Å². The molecule has 1 unspecified atom stereocenters. The maximum Gasteiger partial charge on any atom is 0.407 e. The van der Waals surface area contributed by atoms with E-state index in [9.17, 15) is 19.2 Å². The Morgan fingerprint density at radius 1 is 0.783 bits per heavy atom. The highest BCUT2D eigenvalue weighted by Gasteiger charge is 2.55. The number of benzene rings is 3. The summed E-state index contributed by atoms with van der Waals surface area (Å²) >= 11 is 1.64. The number of nitrogens with one attached hydrogen (secondary N) is 4. The molecule has 2 aromatic heterocycles. The number of ether oxygens (including phenoxy) is 2. The Morgan fingerprint density at radius 3 is 1.98 bits per heavy atom.